The van der Waals surface area contributed by atoms with Crippen molar-refractivity contribution in [3.63, 3.8) is 0 Å². The van der Waals surface area contributed by atoms with E-state index in [1.54, 1.807) is 36.4 Å². The molecule has 1 saturated heterocycles. The molecule has 3 aromatic rings. The first-order valence-electron chi connectivity index (χ1n) is 8.22. The summed E-state index contributed by atoms with van der Waals surface area (Å²) < 4.78 is 34.1. The number of nitrogens with one attached hydrogen (secondary N) is 1. The van der Waals surface area contributed by atoms with Gasteiger partial charge in [-0.15, -0.1) is 11.3 Å². The molecule has 0 saturated carbocycles. The lowest BCUT2D eigenvalue weighted by molar-refractivity contribution is 0.122. The number of thiophene rings is 1. The summed E-state index contributed by atoms with van der Waals surface area (Å²) in [6, 6.07) is 10.1. The van der Waals surface area contributed by atoms with E-state index in [0.717, 1.165) is 29.1 Å². The van der Waals surface area contributed by atoms with Crippen molar-refractivity contribution in [1.82, 2.24) is 9.97 Å². The number of aryl methyl sites for hydroxylation is 1. The number of sulfonamides is 1. The van der Waals surface area contributed by atoms with E-state index < -0.39 is 10.0 Å². The van der Waals surface area contributed by atoms with Crippen molar-refractivity contribution in [3.8, 4) is 0 Å². The molecule has 1 aromatic carbocycles. The number of hydrogen-bond acceptors (Lipinski definition) is 7. The summed E-state index contributed by atoms with van der Waals surface area (Å²) in [6.45, 7) is 4.67. The van der Waals surface area contributed by atoms with Crippen LogP contribution in [-0.2, 0) is 14.8 Å². The largest absolute Gasteiger partial charge is 0.378 e. The van der Waals surface area contributed by atoms with Gasteiger partial charge in [0.2, 0.25) is 0 Å². The summed E-state index contributed by atoms with van der Waals surface area (Å²) in [5.74, 6) is 1.50. The molecule has 2 aromatic heterocycles. The second kappa shape index (κ2) is 6.82. The van der Waals surface area contributed by atoms with E-state index in [1.165, 1.54) is 11.3 Å². The van der Waals surface area contributed by atoms with Gasteiger partial charge >= 0.3 is 0 Å². The van der Waals surface area contributed by atoms with E-state index in [9.17, 15) is 8.42 Å². The van der Waals surface area contributed by atoms with Crippen molar-refractivity contribution < 1.29 is 13.2 Å². The van der Waals surface area contributed by atoms with Gasteiger partial charge in [0.1, 0.15) is 10.8 Å². The molecule has 0 unspecified atom stereocenters. The Bertz CT molecular complexity index is 1030. The van der Waals surface area contributed by atoms with Gasteiger partial charge in [0.05, 0.1) is 28.3 Å². The van der Waals surface area contributed by atoms with Crippen molar-refractivity contribution in [1.29, 1.82) is 0 Å². The highest BCUT2D eigenvalue weighted by atomic mass is 32.2. The Kier molecular flexibility index (Phi) is 4.51. The Labute approximate surface area is 155 Å². The number of fused-ring (bicyclic) bond motifs is 1. The second-order valence-electron chi connectivity index (χ2n) is 5.94. The van der Waals surface area contributed by atoms with Gasteiger partial charge in [-0.1, -0.05) is 18.2 Å². The standard InChI is InChI=1S/C17H18N4O3S2/c1-12-18-14-11-15(20-26(22,23)13-5-3-2-4-6-13)25-16(14)17(19-12)21-7-9-24-10-8-21/h2-6,11,20H,7-10H2,1H3. The second-order valence-corrected chi connectivity index (χ2v) is 8.67. The first-order chi connectivity index (χ1) is 12.5. The molecule has 4 rings (SSSR count). The van der Waals surface area contributed by atoms with Crippen LogP contribution in [0.3, 0.4) is 0 Å². The number of anilines is 2. The minimum absolute atomic E-state index is 0.230. The maximum atomic E-state index is 12.6. The lowest BCUT2D eigenvalue weighted by atomic mass is 10.3. The van der Waals surface area contributed by atoms with Crippen LogP contribution in [0.15, 0.2) is 41.3 Å². The van der Waals surface area contributed by atoms with E-state index >= 15 is 0 Å². The molecule has 7 nitrogen and oxygen atoms in total. The zero-order valence-corrected chi connectivity index (χ0v) is 15.8. The molecule has 1 aliphatic heterocycles. The molecule has 3 heterocycles. The highest BCUT2D eigenvalue weighted by Gasteiger charge is 2.21. The van der Waals surface area contributed by atoms with Crippen LogP contribution in [0.1, 0.15) is 5.82 Å². The maximum absolute atomic E-state index is 12.6. The van der Waals surface area contributed by atoms with E-state index in [4.69, 9.17) is 4.74 Å². The summed E-state index contributed by atoms with van der Waals surface area (Å²) in [4.78, 5) is 11.4. The van der Waals surface area contributed by atoms with E-state index in [-0.39, 0.29) is 4.90 Å². The molecule has 0 spiro atoms. The third kappa shape index (κ3) is 3.37. The number of morpholine rings is 1. The van der Waals surface area contributed by atoms with Crippen molar-refractivity contribution in [2.24, 2.45) is 0 Å². The SMILES string of the molecule is Cc1nc(N2CCOCC2)c2sc(NS(=O)(=O)c3ccccc3)cc2n1. The molecule has 0 bridgehead atoms. The molecule has 1 N–H and O–H groups in total. The Morgan fingerprint density at radius 2 is 1.88 bits per heavy atom. The van der Waals surface area contributed by atoms with Crippen LogP contribution >= 0.6 is 11.3 Å². The quantitative estimate of drug-likeness (QED) is 0.737. The van der Waals surface area contributed by atoms with Crippen LogP contribution in [0.5, 0.6) is 0 Å². The third-order valence-electron chi connectivity index (χ3n) is 4.06. The van der Waals surface area contributed by atoms with Gasteiger partial charge in [-0.05, 0) is 25.1 Å². The minimum Gasteiger partial charge on any atom is -0.378 e. The number of ether oxygens (including phenoxy) is 1. The first kappa shape index (κ1) is 17.2. The smallest absolute Gasteiger partial charge is 0.262 e. The lowest BCUT2D eigenvalue weighted by Gasteiger charge is -2.28. The van der Waals surface area contributed by atoms with Crippen molar-refractivity contribution >= 4 is 42.4 Å². The van der Waals surface area contributed by atoms with Crippen LogP contribution in [0.25, 0.3) is 10.2 Å². The Balaban J connectivity index is 1.71. The molecular formula is C17H18N4O3S2. The molecular weight excluding hydrogens is 372 g/mol. The summed E-state index contributed by atoms with van der Waals surface area (Å²) in [6.07, 6.45) is 0. The lowest BCUT2D eigenvalue weighted by Crippen LogP contribution is -2.36. The predicted octanol–water partition coefficient (Wildman–Crippen LogP) is 2.64. The van der Waals surface area contributed by atoms with E-state index in [0.29, 0.717) is 24.0 Å². The highest BCUT2D eigenvalue weighted by Crippen LogP contribution is 2.36. The number of hydrogen-bond donors (Lipinski definition) is 1. The predicted molar refractivity (Wildman–Crippen MR) is 102 cm³/mol. The highest BCUT2D eigenvalue weighted by molar-refractivity contribution is 7.93. The number of aromatic nitrogens is 2. The molecule has 136 valence electrons. The van der Waals surface area contributed by atoms with Crippen molar-refractivity contribution in [2.45, 2.75) is 11.8 Å². The van der Waals surface area contributed by atoms with Crippen LogP contribution in [0, 0.1) is 6.92 Å². The summed E-state index contributed by atoms with van der Waals surface area (Å²) in [5.41, 5.74) is 0.745. The Morgan fingerprint density at radius 1 is 1.15 bits per heavy atom. The van der Waals surface area contributed by atoms with Gasteiger partial charge in [0.25, 0.3) is 10.0 Å². The van der Waals surface area contributed by atoms with Gasteiger partial charge in [-0.25, -0.2) is 18.4 Å². The number of benzene rings is 1. The van der Waals surface area contributed by atoms with Gasteiger partial charge in [0.15, 0.2) is 5.82 Å². The van der Waals surface area contributed by atoms with Gasteiger partial charge < -0.3 is 9.64 Å². The summed E-state index contributed by atoms with van der Waals surface area (Å²) in [7, 11) is -3.63. The third-order valence-corrected chi connectivity index (χ3v) is 6.61. The summed E-state index contributed by atoms with van der Waals surface area (Å²) >= 11 is 1.35. The normalized spacial score (nSPS) is 15.3. The fourth-order valence-electron chi connectivity index (χ4n) is 2.86. The Morgan fingerprint density at radius 3 is 2.62 bits per heavy atom. The topological polar surface area (TPSA) is 84.4 Å². The summed E-state index contributed by atoms with van der Waals surface area (Å²) in [5, 5.41) is 0.526. The first-order valence-corrected chi connectivity index (χ1v) is 10.5. The maximum Gasteiger partial charge on any atom is 0.262 e. The molecule has 0 aliphatic carbocycles. The number of rotatable bonds is 4. The zero-order valence-electron chi connectivity index (χ0n) is 14.2. The fraction of sp³-hybridized carbons (Fsp3) is 0.294. The van der Waals surface area contributed by atoms with Crippen LogP contribution in [-0.4, -0.2) is 44.7 Å². The van der Waals surface area contributed by atoms with Crippen LogP contribution < -0.4 is 9.62 Å². The zero-order chi connectivity index (χ0) is 18.1. The van der Waals surface area contributed by atoms with Gasteiger partial charge in [0, 0.05) is 13.1 Å². The molecule has 9 heteroatoms. The van der Waals surface area contributed by atoms with Crippen LogP contribution in [0.2, 0.25) is 0 Å². The van der Waals surface area contributed by atoms with Crippen LogP contribution in [0.4, 0.5) is 10.8 Å². The van der Waals surface area contributed by atoms with E-state index in [2.05, 4.69) is 19.6 Å². The van der Waals surface area contributed by atoms with Crippen molar-refractivity contribution in [2.75, 3.05) is 35.9 Å². The average Bonchev–Trinajstić information content (AvgIpc) is 3.03. The molecule has 0 atom stereocenters. The van der Waals surface area contributed by atoms with E-state index in [1.807, 2.05) is 6.92 Å². The molecule has 26 heavy (non-hydrogen) atoms. The minimum atomic E-state index is -3.63. The number of nitrogens with zero attached hydrogens (tertiary/aromatic N) is 3. The van der Waals surface area contributed by atoms with Gasteiger partial charge in [-0.2, -0.15) is 0 Å². The Hall–Kier alpha value is -2.23. The van der Waals surface area contributed by atoms with Crippen molar-refractivity contribution in [3.05, 3.63) is 42.2 Å². The fourth-order valence-corrected chi connectivity index (χ4v) is 5.18. The average molecular weight is 390 g/mol. The molecule has 1 fully saturated rings. The van der Waals surface area contributed by atoms with Gasteiger partial charge in [-0.3, -0.25) is 4.72 Å². The molecule has 0 amide bonds. The molecule has 0 radical (unpaired) electrons. The molecule has 1 aliphatic rings. The monoisotopic (exact) mass is 390 g/mol.